The van der Waals surface area contributed by atoms with Crippen molar-refractivity contribution in [2.45, 2.75) is 13.5 Å². The Morgan fingerprint density at radius 2 is 2.00 bits per heavy atom. The molecule has 0 saturated carbocycles. The van der Waals surface area contributed by atoms with Crippen LogP contribution in [0.1, 0.15) is 12.5 Å². The first-order chi connectivity index (χ1) is 8.83. The van der Waals surface area contributed by atoms with Crippen molar-refractivity contribution < 1.29 is 9.47 Å². The van der Waals surface area contributed by atoms with E-state index in [4.69, 9.17) is 9.47 Å². The van der Waals surface area contributed by atoms with Gasteiger partial charge >= 0.3 is 0 Å². The second-order valence-electron chi connectivity index (χ2n) is 4.31. The summed E-state index contributed by atoms with van der Waals surface area (Å²) in [5, 5.41) is 0. The van der Waals surface area contributed by atoms with Gasteiger partial charge in [0.25, 0.3) is 0 Å². The van der Waals surface area contributed by atoms with E-state index in [0.717, 1.165) is 18.0 Å². The van der Waals surface area contributed by atoms with Crippen LogP contribution in [0.15, 0.2) is 18.2 Å². The van der Waals surface area contributed by atoms with Crippen molar-refractivity contribution in [2.75, 3.05) is 38.3 Å². The molecule has 0 aromatic heterocycles. The number of thioether (sulfide) groups is 1. The number of rotatable bonds is 5. The molecule has 0 radical (unpaired) electrons. The van der Waals surface area contributed by atoms with Gasteiger partial charge in [0.2, 0.25) is 0 Å². The summed E-state index contributed by atoms with van der Waals surface area (Å²) in [6.07, 6.45) is 0. The summed E-state index contributed by atoms with van der Waals surface area (Å²) in [5.74, 6) is 4.15. The monoisotopic (exact) mass is 267 g/mol. The SMILES string of the molecule is CCOc1cc(CN2CCSCC2)ccc1OC. The third kappa shape index (κ3) is 3.56. The average Bonchev–Trinajstić information content (AvgIpc) is 2.41. The fraction of sp³-hybridized carbons (Fsp3) is 0.571. The largest absolute Gasteiger partial charge is 0.493 e. The van der Waals surface area contributed by atoms with E-state index >= 15 is 0 Å². The number of nitrogens with zero attached hydrogens (tertiary/aromatic N) is 1. The predicted octanol–water partition coefficient (Wildman–Crippen LogP) is 2.64. The molecule has 18 heavy (non-hydrogen) atoms. The minimum atomic E-state index is 0.667. The zero-order chi connectivity index (χ0) is 12.8. The molecular weight excluding hydrogens is 246 g/mol. The minimum Gasteiger partial charge on any atom is -0.493 e. The summed E-state index contributed by atoms with van der Waals surface area (Å²) in [6.45, 7) is 6.03. The van der Waals surface area contributed by atoms with Crippen molar-refractivity contribution >= 4 is 11.8 Å². The standard InChI is InChI=1S/C14H21NO2S/c1-3-17-14-10-12(4-5-13(14)16-2)11-15-6-8-18-9-7-15/h4-5,10H,3,6-9,11H2,1-2H3. The quantitative estimate of drug-likeness (QED) is 0.817. The molecule has 0 spiro atoms. The molecule has 1 aliphatic rings. The molecule has 0 bridgehead atoms. The van der Waals surface area contributed by atoms with Crippen LogP contribution in [-0.4, -0.2) is 43.2 Å². The highest BCUT2D eigenvalue weighted by Gasteiger charge is 2.12. The van der Waals surface area contributed by atoms with Gasteiger partial charge in [-0.05, 0) is 24.6 Å². The molecule has 1 saturated heterocycles. The summed E-state index contributed by atoms with van der Waals surface area (Å²) in [6, 6.07) is 6.23. The molecular formula is C14H21NO2S. The molecule has 1 heterocycles. The summed E-state index contributed by atoms with van der Waals surface area (Å²) in [4.78, 5) is 2.49. The molecule has 0 unspecified atom stereocenters. The normalized spacial score (nSPS) is 16.6. The zero-order valence-corrected chi connectivity index (χ0v) is 12.0. The molecule has 2 rings (SSSR count). The fourth-order valence-corrected chi connectivity index (χ4v) is 3.08. The van der Waals surface area contributed by atoms with Crippen LogP contribution in [0.5, 0.6) is 11.5 Å². The van der Waals surface area contributed by atoms with Gasteiger partial charge < -0.3 is 9.47 Å². The Bertz CT molecular complexity index is 378. The highest BCUT2D eigenvalue weighted by atomic mass is 32.2. The molecule has 1 aromatic carbocycles. The minimum absolute atomic E-state index is 0.667. The Morgan fingerprint density at radius 3 is 2.67 bits per heavy atom. The van der Waals surface area contributed by atoms with E-state index in [1.807, 2.05) is 24.8 Å². The summed E-state index contributed by atoms with van der Waals surface area (Å²) >= 11 is 2.04. The summed E-state index contributed by atoms with van der Waals surface area (Å²) in [7, 11) is 1.68. The number of methoxy groups -OCH3 is 1. The zero-order valence-electron chi connectivity index (χ0n) is 11.1. The van der Waals surface area contributed by atoms with E-state index in [1.165, 1.54) is 30.2 Å². The second-order valence-corrected chi connectivity index (χ2v) is 5.53. The van der Waals surface area contributed by atoms with Crippen LogP contribution < -0.4 is 9.47 Å². The highest BCUT2D eigenvalue weighted by Crippen LogP contribution is 2.28. The van der Waals surface area contributed by atoms with Crippen LogP contribution in [0.25, 0.3) is 0 Å². The lowest BCUT2D eigenvalue weighted by Crippen LogP contribution is -2.31. The number of benzene rings is 1. The first-order valence-corrected chi connectivity index (χ1v) is 7.58. The van der Waals surface area contributed by atoms with Crippen molar-refractivity contribution in [1.29, 1.82) is 0 Å². The Kier molecular flexibility index (Phi) is 5.20. The smallest absolute Gasteiger partial charge is 0.161 e. The summed E-state index contributed by atoms with van der Waals surface area (Å²) in [5.41, 5.74) is 1.30. The van der Waals surface area contributed by atoms with Crippen LogP contribution in [-0.2, 0) is 6.54 Å². The lowest BCUT2D eigenvalue weighted by molar-refractivity contribution is 0.290. The average molecular weight is 267 g/mol. The maximum atomic E-state index is 5.61. The van der Waals surface area contributed by atoms with Gasteiger partial charge in [-0.15, -0.1) is 0 Å². The van der Waals surface area contributed by atoms with Gasteiger partial charge in [0.15, 0.2) is 11.5 Å². The van der Waals surface area contributed by atoms with E-state index < -0.39 is 0 Å². The predicted molar refractivity (Wildman–Crippen MR) is 76.8 cm³/mol. The highest BCUT2D eigenvalue weighted by molar-refractivity contribution is 7.99. The van der Waals surface area contributed by atoms with Crippen LogP contribution >= 0.6 is 11.8 Å². The van der Waals surface area contributed by atoms with E-state index in [0.29, 0.717) is 6.61 Å². The molecule has 1 aromatic rings. The number of ether oxygens (including phenoxy) is 2. The van der Waals surface area contributed by atoms with Crippen molar-refractivity contribution in [3.63, 3.8) is 0 Å². The van der Waals surface area contributed by atoms with Gasteiger partial charge in [-0.3, -0.25) is 4.90 Å². The molecule has 1 aliphatic heterocycles. The molecule has 0 amide bonds. The third-order valence-corrected chi connectivity index (χ3v) is 3.98. The van der Waals surface area contributed by atoms with Crippen LogP contribution in [0.2, 0.25) is 0 Å². The third-order valence-electron chi connectivity index (χ3n) is 3.04. The van der Waals surface area contributed by atoms with Crippen molar-refractivity contribution in [1.82, 2.24) is 4.90 Å². The lowest BCUT2D eigenvalue weighted by Gasteiger charge is -2.26. The Balaban J connectivity index is 2.05. The molecule has 0 N–H and O–H groups in total. The molecule has 3 nitrogen and oxygen atoms in total. The van der Waals surface area contributed by atoms with E-state index in [2.05, 4.69) is 17.0 Å². The van der Waals surface area contributed by atoms with Crippen LogP contribution in [0.3, 0.4) is 0 Å². The van der Waals surface area contributed by atoms with Gasteiger partial charge in [0, 0.05) is 31.1 Å². The molecule has 1 fully saturated rings. The lowest BCUT2D eigenvalue weighted by atomic mass is 10.2. The fourth-order valence-electron chi connectivity index (χ4n) is 2.11. The maximum Gasteiger partial charge on any atom is 0.161 e. The van der Waals surface area contributed by atoms with Gasteiger partial charge in [-0.2, -0.15) is 11.8 Å². The first-order valence-electron chi connectivity index (χ1n) is 6.43. The summed E-state index contributed by atoms with van der Waals surface area (Å²) < 4.78 is 10.9. The van der Waals surface area contributed by atoms with Crippen LogP contribution in [0, 0.1) is 0 Å². The van der Waals surface area contributed by atoms with Gasteiger partial charge in [0.1, 0.15) is 0 Å². The molecule has 0 atom stereocenters. The molecule has 4 heteroatoms. The van der Waals surface area contributed by atoms with Crippen molar-refractivity contribution in [3.8, 4) is 11.5 Å². The van der Waals surface area contributed by atoms with Gasteiger partial charge in [-0.1, -0.05) is 6.07 Å². The first kappa shape index (κ1) is 13.6. The van der Waals surface area contributed by atoms with Crippen molar-refractivity contribution in [2.24, 2.45) is 0 Å². The molecule has 0 aliphatic carbocycles. The Hall–Kier alpha value is -0.870. The van der Waals surface area contributed by atoms with E-state index in [1.54, 1.807) is 7.11 Å². The van der Waals surface area contributed by atoms with E-state index in [9.17, 15) is 0 Å². The Morgan fingerprint density at radius 1 is 1.22 bits per heavy atom. The molecule has 100 valence electrons. The Labute approximate surface area is 113 Å². The number of hydrogen-bond acceptors (Lipinski definition) is 4. The van der Waals surface area contributed by atoms with Crippen molar-refractivity contribution in [3.05, 3.63) is 23.8 Å². The van der Waals surface area contributed by atoms with Crippen LogP contribution in [0.4, 0.5) is 0 Å². The number of hydrogen-bond donors (Lipinski definition) is 0. The van der Waals surface area contributed by atoms with Gasteiger partial charge in [-0.25, -0.2) is 0 Å². The second kappa shape index (κ2) is 6.90. The maximum absolute atomic E-state index is 5.61. The topological polar surface area (TPSA) is 21.7 Å². The van der Waals surface area contributed by atoms with E-state index in [-0.39, 0.29) is 0 Å². The van der Waals surface area contributed by atoms with Gasteiger partial charge in [0.05, 0.1) is 13.7 Å².